The molecule has 1 aromatic rings. The third-order valence-corrected chi connectivity index (χ3v) is 2.35. The van der Waals surface area contributed by atoms with Gasteiger partial charge in [0.1, 0.15) is 4.90 Å². The topological polar surface area (TPSA) is 121 Å². The van der Waals surface area contributed by atoms with Gasteiger partial charge in [-0.05, 0) is 17.1 Å². The molecule has 1 rings (SSSR count). The van der Waals surface area contributed by atoms with Gasteiger partial charge in [-0.1, -0.05) is 6.07 Å². The first kappa shape index (κ1) is 11.3. The highest BCUT2D eigenvalue weighted by atomic mass is 32.2. The van der Waals surface area contributed by atoms with Gasteiger partial charge in [-0.2, -0.15) is 0 Å². The minimum atomic E-state index is -2.97. The van der Waals surface area contributed by atoms with Gasteiger partial charge in [0.2, 0.25) is 0 Å². The third kappa shape index (κ3) is 2.17. The Bertz CT molecular complexity index is 425. The number of rotatable bonds is 3. The van der Waals surface area contributed by atoms with E-state index >= 15 is 0 Å². The van der Waals surface area contributed by atoms with Gasteiger partial charge < -0.3 is 9.66 Å². The Morgan fingerprint density at radius 1 is 1.47 bits per heavy atom. The van der Waals surface area contributed by atoms with E-state index in [1.807, 2.05) is 0 Å². The van der Waals surface area contributed by atoms with E-state index in [0.717, 1.165) is 18.2 Å². The second-order valence-corrected chi connectivity index (χ2v) is 3.33. The zero-order chi connectivity index (χ0) is 11.6. The number of nitro groups is 1. The molecule has 0 aromatic heterocycles. The predicted molar refractivity (Wildman–Crippen MR) is 47.2 cm³/mol. The van der Waals surface area contributed by atoms with Gasteiger partial charge in [0.15, 0.2) is 0 Å². The fraction of sp³-hybridized carbons (Fsp3) is 0. The lowest BCUT2D eigenvalue weighted by Gasteiger charge is -2.08. The number of hydrogen-bond donors (Lipinski definition) is 1. The molecule has 0 aliphatic heterocycles. The quantitative estimate of drug-likeness (QED) is 0.459. The third-order valence-electron chi connectivity index (χ3n) is 1.59. The summed E-state index contributed by atoms with van der Waals surface area (Å²) in [5.41, 5.74) is -1.36. The highest BCUT2D eigenvalue weighted by Crippen LogP contribution is 2.25. The Hall–Kier alpha value is -1.80. The second kappa shape index (κ2) is 4.15. The van der Waals surface area contributed by atoms with Crippen LogP contribution >= 0.6 is 0 Å². The average Bonchev–Trinajstić information content (AvgIpc) is 2.16. The molecule has 0 fully saturated rings. The van der Waals surface area contributed by atoms with Crippen molar-refractivity contribution >= 4 is 22.7 Å². The average molecular weight is 230 g/mol. The molecule has 1 atom stereocenters. The molecule has 1 N–H and O–H groups in total. The predicted octanol–water partition coefficient (Wildman–Crippen LogP) is 0.531. The van der Waals surface area contributed by atoms with Crippen LogP contribution in [-0.4, -0.2) is 24.8 Å². The van der Waals surface area contributed by atoms with Gasteiger partial charge in [0, 0.05) is 6.07 Å². The van der Waals surface area contributed by atoms with Crippen LogP contribution in [0.25, 0.3) is 0 Å². The van der Waals surface area contributed by atoms with E-state index in [1.165, 1.54) is 0 Å². The van der Waals surface area contributed by atoms with E-state index in [4.69, 9.17) is 5.11 Å². The lowest BCUT2D eigenvalue weighted by Crippen LogP contribution is -2.07. The van der Waals surface area contributed by atoms with Gasteiger partial charge in [-0.3, -0.25) is 14.3 Å². The number of hydrogen-bond acceptors (Lipinski definition) is 5. The van der Waals surface area contributed by atoms with E-state index in [9.17, 15) is 23.7 Å². The van der Waals surface area contributed by atoms with Crippen LogP contribution in [0.3, 0.4) is 0 Å². The standard InChI is InChI=1S/C7H5NO6S/c9-7(10)4-2-1-3-5(8(11)12)6(4)15(13)14/h1-3H,(H,9,10)(H,13,14)/p-1. The molecule has 1 aromatic carbocycles. The number of benzene rings is 1. The van der Waals surface area contributed by atoms with E-state index in [2.05, 4.69) is 0 Å². The van der Waals surface area contributed by atoms with Crippen molar-refractivity contribution in [3.63, 3.8) is 0 Å². The van der Waals surface area contributed by atoms with Gasteiger partial charge in [-0.25, -0.2) is 4.79 Å². The molecule has 0 aliphatic carbocycles. The monoisotopic (exact) mass is 230 g/mol. The smallest absolute Gasteiger partial charge is 0.337 e. The van der Waals surface area contributed by atoms with Crippen molar-refractivity contribution < 1.29 is 23.6 Å². The molecule has 0 saturated carbocycles. The maximum Gasteiger partial charge on any atom is 0.337 e. The lowest BCUT2D eigenvalue weighted by molar-refractivity contribution is -0.387. The Kier molecular flexibility index (Phi) is 3.12. The number of nitro benzene ring substituents is 1. The summed E-state index contributed by atoms with van der Waals surface area (Å²) in [6.45, 7) is 0. The summed E-state index contributed by atoms with van der Waals surface area (Å²) in [7, 11) is 0. The van der Waals surface area contributed by atoms with Crippen LogP contribution in [0.15, 0.2) is 23.1 Å². The van der Waals surface area contributed by atoms with Crippen molar-refractivity contribution in [3.05, 3.63) is 33.9 Å². The summed E-state index contributed by atoms with van der Waals surface area (Å²) in [4.78, 5) is 19.3. The van der Waals surface area contributed by atoms with E-state index < -0.39 is 38.1 Å². The maximum absolute atomic E-state index is 10.7. The van der Waals surface area contributed by atoms with Crippen LogP contribution in [-0.2, 0) is 11.1 Å². The van der Waals surface area contributed by atoms with Crippen molar-refractivity contribution in [1.82, 2.24) is 0 Å². The largest absolute Gasteiger partial charge is 0.768 e. The second-order valence-electron chi connectivity index (χ2n) is 2.45. The fourth-order valence-corrected chi connectivity index (χ4v) is 1.66. The summed E-state index contributed by atoms with van der Waals surface area (Å²) in [5.74, 6) is -1.53. The molecule has 0 radical (unpaired) electrons. The zero-order valence-corrected chi connectivity index (χ0v) is 7.89. The first-order chi connectivity index (χ1) is 6.95. The summed E-state index contributed by atoms with van der Waals surface area (Å²) in [6, 6.07) is 3.02. The molecule has 0 amide bonds. The maximum atomic E-state index is 10.7. The zero-order valence-electron chi connectivity index (χ0n) is 7.08. The normalized spacial score (nSPS) is 12.1. The molecule has 0 heterocycles. The van der Waals surface area contributed by atoms with E-state index in [0.29, 0.717) is 0 Å². The summed E-state index contributed by atoms with van der Waals surface area (Å²) >= 11 is -2.97. The Balaban J connectivity index is 3.56. The van der Waals surface area contributed by atoms with Crippen molar-refractivity contribution in [2.24, 2.45) is 0 Å². The van der Waals surface area contributed by atoms with Crippen LogP contribution in [0, 0.1) is 10.1 Å². The Morgan fingerprint density at radius 2 is 2.07 bits per heavy atom. The lowest BCUT2D eigenvalue weighted by atomic mass is 10.2. The number of aromatic carboxylic acids is 1. The van der Waals surface area contributed by atoms with Gasteiger partial charge in [-0.15, -0.1) is 0 Å². The highest BCUT2D eigenvalue weighted by molar-refractivity contribution is 7.79. The number of carbonyl (C=O) groups is 1. The summed E-state index contributed by atoms with van der Waals surface area (Å²) < 4.78 is 21.4. The molecule has 0 saturated heterocycles. The minimum Gasteiger partial charge on any atom is -0.768 e. The molecule has 80 valence electrons. The van der Waals surface area contributed by atoms with Crippen LogP contribution < -0.4 is 0 Å². The molecule has 0 aliphatic rings. The van der Waals surface area contributed by atoms with Crippen LogP contribution in [0.4, 0.5) is 5.69 Å². The summed E-state index contributed by atoms with van der Waals surface area (Å²) in [6.07, 6.45) is 0. The molecule has 8 heteroatoms. The van der Waals surface area contributed by atoms with E-state index in [-0.39, 0.29) is 0 Å². The van der Waals surface area contributed by atoms with Gasteiger partial charge in [0.25, 0.3) is 5.69 Å². The number of carboxylic acids is 1. The number of carboxylic acid groups (broad SMARTS) is 1. The SMILES string of the molecule is O=C(O)c1cccc([N+](=O)[O-])c1S(=O)[O-]. The fourth-order valence-electron chi connectivity index (χ4n) is 1.01. The van der Waals surface area contributed by atoms with Crippen molar-refractivity contribution in [1.29, 1.82) is 0 Å². The molecule has 1 unspecified atom stereocenters. The first-order valence-electron chi connectivity index (χ1n) is 3.55. The van der Waals surface area contributed by atoms with E-state index in [1.54, 1.807) is 0 Å². The van der Waals surface area contributed by atoms with Crippen molar-refractivity contribution in [2.45, 2.75) is 4.90 Å². The first-order valence-corrected chi connectivity index (χ1v) is 4.62. The van der Waals surface area contributed by atoms with Crippen LogP contribution in [0.5, 0.6) is 0 Å². The van der Waals surface area contributed by atoms with Crippen molar-refractivity contribution in [3.8, 4) is 0 Å². The molecule has 0 bridgehead atoms. The molecular formula is C7H4NO6S-. The molecular weight excluding hydrogens is 226 g/mol. The number of nitrogens with zero attached hydrogens (tertiary/aromatic N) is 1. The van der Waals surface area contributed by atoms with Gasteiger partial charge >= 0.3 is 5.97 Å². The van der Waals surface area contributed by atoms with Crippen molar-refractivity contribution in [2.75, 3.05) is 0 Å². The van der Waals surface area contributed by atoms with Gasteiger partial charge in [0.05, 0.1) is 10.5 Å². The molecule has 15 heavy (non-hydrogen) atoms. The Labute approximate surface area is 85.8 Å². The minimum absolute atomic E-state index is 0.613. The molecule has 0 spiro atoms. The van der Waals surface area contributed by atoms with Crippen LogP contribution in [0.2, 0.25) is 0 Å². The summed E-state index contributed by atoms with van der Waals surface area (Å²) in [5, 5.41) is 19.1. The van der Waals surface area contributed by atoms with Crippen LogP contribution in [0.1, 0.15) is 10.4 Å². The Morgan fingerprint density at radius 3 is 2.47 bits per heavy atom. The highest BCUT2D eigenvalue weighted by Gasteiger charge is 2.21. The molecule has 7 nitrogen and oxygen atoms in total.